The fraction of sp³-hybridized carbons (Fsp3) is 0.636. The Bertz CT molecular complexity index is 899. The van der Waals surface area contributed by atoms with E-state index in [-0.39, 0.29) is 18.0 Å². The van der Waals surface area contributed by atoms with E-state index < -0.39 is 0 Å². The number of hydrogen-bond acceptors (Lipinski definition) is 5. The summed E-state index contributed by atoms with van der Waals surface area (Å²) in [5.74, 6) is 1.09. The van der Waals surface area contributed by atoms with Crippen LogP contribution in [0.2, 0.25) is 0 Å². The van der Waals surface area contributed by atoms with E-state index in [1.165, 1.54) is 18.4 Å². The molecule has 2 atom stereocenters. The molecule has 0 spiro atoms. The second-order valence-electron chi connectivity index (χ2n) is 8.56. The minimum absolute atomic E-state index is 0.0484. The summed E-state index contributed by atoms with van der Waals surface area (Å²) in [7, 11) is 0. The van der Waals surface area contributed by atoms with Crippen molar-refractivity contribution in [3.8, 4) is 0 Å². The van der Waals surface area contributed by atoms with Gasteiger partial charge < -0.3 is 10.2 Å². The Kier molecular flexibility index (Phi) is 5.67. The Hall–Kier alpha value is -2.28. The predicted molar refractivity (Wildman–Crippen MR) is 112 cm³/mol. The molecule has 0 bridgehead atoms. The maximum Gasteiger partial charge on any atom is 0.225 e. The highest BCUT2D eigenvalue weighted by Gasteiger charge is 2.26. The largest absolute Gasteiger partial charge is 0.338 e. The number of piperidine rings is 1. The first-order valence-electron chi connectivity index (χ1n) is 10.8. The first-order chi connectivity index (χ1) is 13.9. The Morgan fingerprint density at radius 3 is 2.83 bits per heavy atom. The normalized spacial score (nSPS) is 20.4. The monoisotopic (exact) mass is 396 g/mol. The number of fused-ring (bicyclic) bond motifs is 1. The molecule has 0 aromatic carbocycles. The highest BCUT2D eigenvalue weighted by molar-refractivity contribution is 5.77. The van der Waals surface area contributed by atoms with Crippen LogP contribution in [-0.4, -0.2) is 43.6 Å². The van der Waals surface area contributed by atoms with Gasteiger partial charge >= 0.3 is 0 Å². The first-order valence-corrected chi connectivity index (χ1v) is 10.8. The van der Waals surface area contributed by atoms with Gasteiger partial charge in [0.25, 0.3) is 0 Å². The molecule has 2 aromatic rings. The third kappa shape index (κ3) is 4.06. The average Bonchev–Trinajstić information content (AvgIpc) is 3.01. The summed E-state index contributed by atoms with van der Waals surface area (Å²) < 4.78 is 1.99. The van der Waals surface area contributed by atoms with Crippen LogP contribution in [0.25, 0.3) is 0 Å². The Morgan fingerprint density at radius 2 is 2.14 bits per heavy atom. The van der Waals surface area contributed by atoms with E-state index in [1.54, 1.807) is 0 Å². The molecule has 1 amide bonds. The third-order valence-electron chi connectivity index (χ3n) is 6.50. The molecule has 2 aliphatic rings. The number of nitrogens with one attached hydrogen (secondary N) is 1. The molecule has 2 aliphatic heterocycles. The molecule has 1 N–H and O–H groups in total. The number of aryl methyl sites for hydroxylation is 1. The summed E-state index contributed by atoms with van der Waals surface area (Å²) in [5, 5.41) is 8.14. The smallest absolute Gasteiger partial charge is 0.225 e. The molecule has 1 fully saturated rings. The topological polar surface area (TPSA) is 75.9 Å². The highest BCUT2D eigenvalue weighted by atomic mass is 16.2. The van der Waals surface area contributed by atoms with E-state index >= 15 is 0 Å². The van der Waals surface area contributed by atoms with Gasteiger partial charge in [-0.05, 0) is 52.6 Å². The second kappa shape index (κ2) is 8.22. The van der Waals surface area contributed by atoms with Crippen LogP contribution in [-0.2, 0) is 17.8 Å². The molecule has 29 heavy (non-hydrogen) atoms. The lowest BCUT2D eigenvalue weighted by molar-refractivity contribution is -0.133. The van der Waals surface area contributed by atoms with Gasteiger partial charge in [-0.2, -0.15) is 5.10 Å². The van der Waals surface area contributed by atoms with Crippen LogP contribution >= 0.6 is 0 Å². The van der Waals surface area contributed by atoms with Crippen LogP contribution in [0.15, 0.2) is 6.20 Å². The van der Waals surface area contributed by atoms with Crippen molar-refractivity contribution in [3.05, 3.63) is 40.2 Å². The molecule has 2 aromatic heterocycles. The molecule has 0 aliphatic carbocycles. The van der Waals surface area contributed by atoms with Crippen molar-refractivity contribution in [1.82, 2.24) is 30.0 Å². The Morgan fingerprint density at radius 1 is 1.31 bits per heavy atom. The van der Waals surface area contributed by atoms with E-state index in [2.05, 4.69) is 36.2 Å². The van der Waals surface area contributed by atoms with Gasteiger partial charge in [0.15, 0.2) is 0 Å². The van der Waals surface area contributed by atoms with E-state index in [1.807, 2.05) is 22.7 Å². The number of hydrogen-bond donors (Lipinski definition) is 1. The lowest BCUT2D eigenvalue weighted by Gasteiger charge is -2.30. The first kappa shape index (κ1) is 20.0. The number of aromatic nitrogens is 4. The van der Waals surface area contributed by atoms with Crippen LogP contribution in [0, 0.1) is 20.8 Å². The van der Waals surface area contributed by atoms with Crippen LogP contribution in [0.1, 0.15) is 78.7 Å². The minimum atomic E-state index is 0.0484. The SMILES string of the molecule is Cc1nn([C@@H](C)CC(=O)N2CCc3nc([C@H]4CCCCN4)ncc3C2)c(C)c1C. The van der Waals surface area contributed by atoms with Crippen molar-refractivity contribution in [2.24, 2.45) is 0 Å². The van der Waals surface area contributed by atoms with Crippen LogP contribution in [0.3, 0.4) is 0 Å². The Balaban J connectivity index is 1.41. The summed E-state index contributed by atoms with van der Waals surface area (Å²) in [6, 6.07) is 0.325. The van der Waals surface area contributed by atoms with Crippen molar-refractivity contribution in [3.63, 3.8) is 0 Å². The van der Waals surface area contributed by atoms with Gasteiger partial charge in [-0.3, -0.25) is 9.48 Å². The molecular weight excluding hydrogens is 364 g/mol. The van der Waals surface area contributed by atoms with Crippen molar-refractivity contribution in [1.29, 1.82) is 0 Å². The summed E-state index contributed by atoms with van der Waals surface area (Å²) in [6.45, 7) is 10.6. The molecule has 0 radical (unpaired) electrons. The summed E-state index contributed by atoms with van der Waals surface area (Å²) in [4.78, 5) is 24.3. The molecule has 4 rings (SSSR count). The standard InChI is InChI=1S/C22H32N6O/c1-14(28-17(4)15(2)16(3)26-28)11-21(29)27-10-8-19-18(13-27)12-24-22(25-19)20-7-5-6-9-23-20/h12,14,20,23H,5-11,13H2,1-4H3/t14-,20+/m0/s1. The molecule has 7 heteroatoms. The molecule has 7 nitrogen and oxygen atoms in total. The van der Waals surface area contributed by atoms with Gasteiger partial charge in [-0.1, -0.05) is 6.42 Å². The van der Waals surface area contributed by atoms with Crippen molar-refractivity contribution in [2.45, 2.75) is 78.4 Å². The van der Waals surface area contributed by atoms with Gasteiger partial charge in [0.05, 0.1) is 23.5 Å². The fourth-order valence-electron chi connectivity index (χ4n) is 4.43. The second-order valence-corrected chi connectivity index (χ2v) is 8.56. The summed E-state index contributed by atoms with van der Waals surface area (Å²) in [6.07, 6.45) is 6.76. The van der Waals surface area contributed by atoms with Crippen LogP contribution in [0.5, 0.6) is 0 Å². The lowest BCUT2D eigenvalue weighted by atomic mass is 10.0. The zero-order valence-corrected chi connectivity index (χ0v) is 18.0. The number of carbonyl (C=O) groups is 1. The van der Waals surface area contributed by atoms with E-state index in [0.717, 1.165) is 54.4 Å². The maximum atomic E-state index is 12.9. The van der Waals surface area contributed by atoms with Gasteiger partial charge in [-0.15, -0.1) is 0 Å². The van der Waals surface area contributed by atoms with Gasteiger partial charge in [0, 0.05) is 43.4 Å². The maximum absolute atomic E-state index is 12.9. The number of carbonyl (C=O) groups excluding carboxylic acids is 1. The van der Waals surface area contributed by atoms with Crippen molar-refractivity contribution in [2.75, 3.05) is 13.1 Å². The van der Waals surface area contributed by atoms with E-state index in [4.69, 9.17) is 4.98 Å². The molecular formula is C22H32N6O. The minimum Gasteiger partial charge on any atom is -0.338 e. The molecule has 4 heterocycles. The number of amides is 1. The highest BCUT2D eigenvalue weighted by Crippen LogP contribution is 2.25. The fourth-order valence-corrected chi connectivity index (χ4v) is 4.43. The third-order valence-corrected chi connectivity index (χ3v) is 6.50. The lowest BCUT2D eigenvalue weighted by Crippen LogP contribution is -2.38. The van der Waals surface area contributed by atoms with E-state index in [0.29, 0.717) is 13.0 Å². The Labute approximate surface area is 172 Å². The number of nitrogens with zero attached hydrogens (tertiary/aromatic N) is 5. The van der Waals surface area contributed by atoms with Crippen molar-refractivity contribution < 1.29 is 4.79 Å². The van der Waals surface area contributed by atoms with Gasteiger partial charge in [-0.25, -0.2) is 9.97 Å². The quantitative estimate of drug-likeness (QED) is 0.860. The molecule has 0 saturated carbocycles. The average molecular weight is 397 g/mol. The predicted octanol–water partition coefficient (Wildman–Crippen LogP) is 2.95. The van der Waals surface area contributed by atoms with Gasteiger partial charge in [0.1, 0.15) is 5.82 Å². The van der Waals surface area contributed by atoms with Crippen LogP contribution < -0.4 is 5.32 Å². The molecule has 0 unspecified atom stereocenters. The van der Waals surface area contributed by atoms with E-state index in [9.17, 15) is 4.79 Å². The zero-order chi connectivity index (χ0) is 20.5. The van der Waals surface area contributed by atoms with Crippen molar-refractivity contribution >= 4 is 5.91 Å². The zero-order valence-electron chi connectivity index (χ0n) is 18.0. The number of rotatable bonds is 4. The van der Waals surface area contributed by atoms with Crippen LogP contribution in [0.4, 0.5) is 0 Å². The molecule has 1 saturated heterocycles. The van der Waals surface area contributed by atoms with Gasteiger partial charge in [0.2, 0.25) is 5.91 Å². The molecule has 156 valence electrons. The summed E-state index contributed by atoms with van der Waals surface area (Å²) in [5.41, 5.74) is 5.57. The summed E-state index contributed by atoms with van der Waals surface area (Å²) >= 11 is 0.